The van der Waals surface area contributed by atoms with Gasteiger partial charge in [-0.2, -0.15) is 0 Å². The van der Waals surface area contributed by atoms with Crippen LogP contribution in [0.1, 0.15) is 68.6 Å². The smallest absolute Gasteiger partial charge is 0.131 e. The van der Waals surface area contributed by atoms with Crippen LogP contribution in [0.25, 0.3) is 0 Å². The van der Waals surface area contributed by atoms with Gasteiger partial charge in [0, 0.05) is 21.2 Å². The number of fused-ring (bicyclic) bond motifs is 5. The zero-order chi connectivity index (χ0) is 23.2. The molecule has 0 aliphatic heterocycles. The molecule has 2 aromatic carbocycles. The average molecular weight is 556 g/mol. The molecule has 4 heteroatoms. The van der Waals surface area contributed by atoms with E-state index in [2.05, 4.69) is 66.5 Å². The van der Waals surface area contributed by atoms with Crippen molar-refractivity contribution in [3.8, 4) is 17.6 Å². The van der Waals surface area contributed by atoms with Gasteiger partial charge >= 0.3 is 0 Å². The Kier molecular flexibility index (Phi) is 6.26. The number of aromatic hydroxyl groups is 1. The number of rotatable bonds is 3. The summed E-state index contributed by atoms with van der Waals surface area (Å²) >= 11 is 2.30. The lowest BCUT2D eigenvalue weighted by molar-refractivity contribution is -0.106. The van der Waals surface area contributed by atoms with Gasteiger partial charge in [0.25, 0.3) is 0 Å². The second-order valence-electron chi connectivity index (χ2n) is 10.4. The fraction of sp³-hybridized carbons (Fsp3) is 0.517. The van der Waals surface area contributed by atoms with E-state index in [1.54, 1.807) is 0 Å². The summed E-state index contributed by atoms with van der Waals surface area (Å²) in [5, 5.41) is 22.0. The second-order valence-corrected chi connectivity index (χ2v) is 11.6. The van der Waals surface area contributed by atoms with Crippen molar-refractivity contribution in [3.63, 3.8) is 0 Å². The molecule has 5 rings (SSSR count). The standard InChI is InChI=1S/C29H33IO3/c1-3-16-33-26-18-20-17-22(31)8-9-23(20)24-11-13-28(2)25(27(24)26)12-15-29(28,32)14-10-19-4-6-21(30)7-5-19/h4-9,17,24-27,31-32H,3,11-13,15-16,18H2,1-2H3/t24-,25+,26-,27-,28+,29+/m1/s1. The molecule has 6 atom stereocenters. The van der Waals surface area contributed by atoms with Gasteiger partial charge in [-0.25, -0.2) is 0 Å². The fourth-order valence-corrected chi connectivity index (χ4v) is 7.29. The Morgan fingerprint density at radius 3 is 2.67 bits per heavy atom. The van der Waals surface area contributed by atoms with Crippen LogP contribution in [0.5, 0.6) is 5.75 Å². The van der Waals surface area contributed by atoms with Gasteiger partial charge in [-0.15, -0.1) is 0 Å². The van der Waals surface area contributed by atoms with Gasteiger partial charge in [-0.05, 0) is 126 Å². The highest BCUT2D eigenvalue weighted by molar-refractivity contribution is 14.1. The number of benzene rings is 2. The number of hydrogen-bond acceptors (Lipinski definition) is 3. The lowest BCUT2D eigenvalue weighted by atomic mass is 9.52. The minimum absolute atomic E-state index is 0.125. The van der Waals surface area contributed by atoms with Gasteiger partial charge in [0.05, 0.1) is 6.10 Å². The summed E-state index contributed by atoms with van der Waals surface area (Å²) in [4.78, 5) is 0. The molecule has 3 aliphatic rings. The van der Waals surface area contributed by atoms with Crippen LogP contribution in [0.2, 0.25) is 0 Å². The third kappa shape index (κ3) is 4.00. The fourth-order valence-electron chi connectivity index (χ4n) is 6.93. The van der Waals surface area contributed by atoms with Gasteiger partial charge in [0.2, 0.25) is 0 Å². The lowest BCUT2D eigenvalue weighted by Gasteiger charge is -2.54. The molecule has 0 amide bonds. The van der Waals surface area contributed by atoms with Crippen molar-refractivity contribution < 1.29 is 14.9 Å². The summed E-state index contributed by atoms with van der Waals surface area (Å²) in [6.07, 6.45) is 5.64. The maximum Gasteiger partial charge on any atom is 0.131 e. The van der Waals surface area contributed by atoms with Crippen LogP contribution in [0.15, 0.2) is 42.5 Å². The summed E-state index contributed by atoms with van der Waals surface area (Å²) in [7, 11) is 0. The van der Waals surface area contributed by atoms with Gasteiger partial charge in [0.1, 0.15) is 11.4 Å². The highest BCUT2D eigenvalue weighted by Crippen LogP contribution is 2.64. The summed E-state index contributed by atoms with van der Waals surface area (Å²) in [5.74, 6) is 8.13. The zero-order valence-electron chi connectivity index (χ0n) is 19.5. The first-order valence-electron chi connectivity index (χ1n) is 12.3. The summed E-state index contributed by atoms with van der Waals surface area (Å²) < 4.78 is 7.65. The molecular weight excluding hydrogens is 523 g/mol. The summed E-state index contributed by atoms with van der Waals surface area (Å²) in [6.45, 7) is 5.18. The van der Waals surface area contributed by atoms with Gasteiger partial charge in [-0.3, -0.25) is 0 Å². The number of aliphatic hydroxyl groups is 1. The Bertz CT molecular complexity index is 1080. The predicted molar refractivity (Wildman–Crippen MR) is 139 cm³/mol. The van der Waals surface area contributed by atoms with E-state index in [0.29, 0.717) is 23.5 Å². The Hall–Kier alpha value is -1.55. The van der Waals surface area contributed by atoms with Crippen LogP contribution in [-0.2, 0) is 11.2 Å². The first kappa shape index (κ1) is 23.2. The first-order chi connectivity index (χ1) is 15.8. The molecule has 2 aromatic rings. The van der Waals surface area contributed by atoms with Gasteiger partial charge < -0.3 is 14.9 Å². The summed E-state index contributed by atoms with van der Waals surface area (Å²) in [6, 6.07) is 14.1. The Balaban J connectivity index is 1.49. The van der Waals surface area contributed by atoms with E-state index in [0.717, 1.165) is 50.7 Å². The molecule has 174 valence electrons. The van der Waals surface area contributed by atoms with Crippen molar-refractivity contribution in [2.75, 3.05) is 6.61 Å². The highest BCUT2D eigenvalue weighted by Gasteiger charge is 2.62. The largest absolute Gasteiger partial charge is 0.508 e. The van der Waals surface area contributed by atoms with Gasteiger partial charge in [-0.1, -0.05) is 31.8 Å². The molecule has 2 N–H and O–H groups in total. The van der Waals surface area contributed by atoms with Crippen LogP contribution >= 0.6 is 22.6 Å². The van der Waals surface area contributed by atoms with E-state index < -0.39 is 5.60 Å². The monoisotopic (exact) mass is 556 g/mol. The molecule has 0 heterocycles. The Morgan fingerprint density at radius 1 is 1.12 bits per heavy atom. The van der Waals surface area contributed by atoms with E-state index in [-0.39, 0.29) is 11.5 Å². The average Bonchev–Trinajstić information content (AvgIpc) is 3.07. The van der Waals surface area contributed by atoms with Crippen LogP contribution in [-0.4, -0.2) is 28.5 Å². The second kappa shape index (κ2) is 8.91. The van der Waals surface area contributed by atoms with Crippen molar-refractivity contribution in [2.45, 2.75) is 70.0 Å². The van der Waals surface area contributed by atoms with E-state index in [1.807, 2.05) is 24.3 Å². The normalized spacial score (nSPS) is 34.5. The van der Waals surface area contributed by atoms with E-state index in [4.69, 9.17) is 4.74 Å². The number of phenols is 1. The Morgan fingerprint density at radius 2 is 1.91 bits per heavy atom. The minimum atomic E-state index is -0.976. The van der Waals surface area contributed by atoms with E-state index >= 15 is 0 Å². The topological polar surface area (TPSA) is 49.7 Å². The quantitative estimate of drug-likeness (QED) is 0.358. The molecule has 0 saturated heterocycles. The van der Waals surface area contributed by atoms with Gasteiger partial charge in [0.15, 0.2) is 0 Å². The first-order valence-corrected chi connectivity index (χ1v) is 13.4. The molecular formula is C29H33IO3. The molecule has 3 nitrogen and oxygen atoms in total. The van der Waals surface area contributed by atoms with E-state index in [1.165, 1.54) is 14.7 Å². The maximum atomic E-state index is 11.9. The minimum Gasteiger partial charge on any atom is -0.508 e. The van der Waals surface area contributed by atoms with Crippen molar-refractivity contribution in [3.05, 3.63) is 62.7 Å². The zero-order valence-corrected chi connectivity index (χ0v) is 21.6. The lowest BCUT2D eigenvalue weighted by Crippen LogP contribution is -2.53. The van der Waals surface area contributed by atoms with Crippen LogP contribution < -0.4 is 0 Å². The molecule has 0 radical (unpaired) electrons. The van der Waals surface area contributed by atoms with Crippen molar-refractivity contribution in [1.29, 1.82) is 0 Å². The SMILES string of the molecule is CCCO[C@@H]1Cc2cc(O)ccc2[C@H]2CC[C@@]3(C)[C@@H](CC[C@@]3(O)C#Cc3ccc(I)cc3)[C@@H]21. The Labute approximate surface area is 211 Å². The molecule has 0 unspecified atom stereocenters. The van der Waals surface area contributed by atoms with Crippen molar-refractivity contribution in [2.24, 2.45) is 17.3 Å². The molecule has 0 bridgehead atoms. The van der Waals surface area contributed by atoms with E-state index in [9.17, 15) is 10.2 Å². The van der Waals surface area contributed by atoms with Crippen LogP contribution in [0.4, 0.5) is 0 Å². The van der Waals surface area contributed by atoms with Crippen molar-refractivity contribution >= 4 is 22.6 Å². The number of halogens is 1. The third-order valence-corrected chi connectivity index (χ3v) is 9.37. The molecule has 0 aromatic heterocycles. The maximum absolute atomic E-state index is 11.9. The number of phenolic OH excluding ortho intramolecular Hbond substituents is 1. The molecule has 33 heavy (non-hydrogen) atoms. The molecule has 3 aliphatic carbocycles. The predicted octanol–water partition coefficient (Wildman–Crippen LogP) is 6.04. The van der Waals surface area contributed by atoms with Crippen LogP contribution in [0.3, 0.4) is 0 Å². The molecule has 2 fully saturated rings. The number of ether oxygens (including phenoxy) is 1. The third-order valence-electron chi connectivity index (χ3n) is 8.65. The molecule has 2 saturated carbocycles. The van der Waals surface area contributed by atoms with Crippen molar-refractivity contribution in [1.82, 2.24) is 0 Å². The highest BCUT2D eigenvalue weighted by atomic mass is 127. The number of hydrogen-bond donors (Lipinski definition) is 2. The molecule has 0 spiro atoms. The summed E-state index contributed by atoms with van der Waals surface area (Å²) in [5.41, 5.74) is 2.34. The van der Waals surface area contributed by atoms with Crippen LogP contribution in [0, 0.1) is 32.7 Å².